The Morgan fingerprint density at radius 1 is 0.929 bits per heavy atom. The number of hydrogen-bond donors (Lipinski definition) is 0. The van der Waals surface area contributed by atoms with Gasteiger partial charge in [-0.2, -0.15) is 0 Å². The van der Waals surface area contributed by atoms with E-state index in [2.05, 4.69) is 6.92 Å². The van der Waals surface area contributed by atoms with Crippen LogP contribution in [-0.4, -0.2) is 19.2 Å². The van der Waals surface area contributed by atoms with Crippen LogP contribution in [0.3, 0.4) is 0 Å². The van der Waals surface area contributed by atoms with Crippen molar-refractivity contribution in [1.29, 1.82) is 0 Å². The molecule has 2 rings (SSSR count). The Morgan fingerprint density at radius 2 is 1.54 bits per heavy atom. The van der Waals surface area contributed by atoms with E-state index in [0.29, 0.717) is 6.61 Å². The quantitative estimate of drug-likeness (QED) is 0.228. The monoisotopic (exact) mass is 386 g/mol. The summed E-state index contributed by atoms with van der Waals surface area (Å²) in [5.41, 5.74) is 1.09. The van der Waals surface area contributed by atoms with Gasteiger partial charge in [-0.25, -0.2) is 0 Å². The Morgan fingerprint density at radius 3 is 2.14 bits per heavy atom. The molecule has 1 aliphatic rings. The second kappa shape index (κ2) is 14.3. The van der Waals surface area contributed by atoms with E-state index >= 15 is 0 Å². The van der Waals surface area contributed by atoms with Crippen LogP contribution >= 0.6 is 0 Å². The molecule has 3 heteroatoms. The molecule has 0 heterocycles. The summed E-state index contributed by atoms with van der Waals surface area (Å²) in [6, 6.07) is 8.08. The molecule has 0 aliphatic heterocycles. The normalized spacial score (nSPS) is 13.8. The summed E-state index contributed by atoms with van der Waals surface area (Å²) < 4.78 is 11.0. The van der Waals surface area contributed by atoms with Gasteiger partial charge < -0.3 is 9.47 Å². The lowest BCUT2D eigenvalue weighted by atomic mass is 10.1. The molecule has 0 unspecified atom stereocenters. The molecule has 1 aromatic rings. The lowest BCUT2D eigenvalue weighted by molar-refractivity contribution is -0.143. The summed E-state index contributed by atoms with van der Waals surface area (Å²) in [6.45, 7) is 3.42. The van der Waals surface area contributed by atoms with Gasteiger partial charge in [-0.15, -0.1) is 0 Å². The maximum absolute atomic E-state index is 11.4. The first-order valence-electron chi connectivity index (χ1n) is 11.4. The van der Waals surface area contributed by atoms with Crippen molar-refractivity contribution >= 4 is 12.0 Å². The zero-order valence-corrected chi connectivity index (χ0v) is 17.7. The van der Waals surface area contributed by atoms with Crippen LogP contribution in [0.15, 0.2) is 30.3 Å². The molecule has 1 saturated carbocycles. The van der Waals surface area contributed by atoms with Crippen LogP contribution in [-0.2, 0) is 9.53 Å². The van der Waals surface area contributed by atoms with Crippen LogP contribution in [0.25, 0.3) is 6.08 Å². The van der Waals surface area contributed by atoms with E-state index in [1.165, 1.54) is 57.8 Å². The molecule has 28 heavy (non-hydrogen) atoms. The van der Waals surface area contributed by atoms with Crippen molar-refractivity contribution in [2.24, 2.45) is 5.92 Å². The highest BCUT2D eigenvalue weighted by molar-refractivity contribution is 5.75. The molecular formula is C25H38O3. The van der Waals surface area contributed by atoms with E-state index in [1.807, 2.05) is 36.4 Å². The van der Waals surface area contributed by atoms with Gasteiger partial charge in [0.15, 0.2) is 0 Å². The molecule has 1 aliphatic carbocycles. The molecule has 0 bridgehead atoms. The maximum Gasteiger partial charge on any atom is 0.309 e. The largest absolute Gasteiger partial charge is 0.494 e. The van der Waals surface area contributed by atoms with Crippen LogP contribution in [0.1, 0.15) is 89.5 Å². The van der Waals surface area contributed by atoms with E-state index in [-0.39, 0.29) is 11.9 Å². The van der Waals surface area contributed by atoms with E-state index in [4.69, 9.17) is 9.47 Å². The van der Waals surface area contributed by atoms with Crippen molar-refractivity contribution in [3.05, 3.63) is 35.9 Å². The second-order valence-corrected chi connectivity index (χ2v) is 7.91. The van der Waals surface area contributed by atoms with Gasteiger partial charge in [0.2, 0.25) is 0 Å². The summed E-state index contributed by atoms with van der Waals surface area (Å²) in [5.74, 6) is 1.04. The van der Waals surface area contributed by atoms with Gasteiger partial charge in [0.1, 0.15) is 12.4 Å². The molecule has 156 valence electrons. The molecule has 0 atom stereocenters. The second-order valence-electron chi connectivity index (χ2n) is 7.91. The Balaban J connectivity index is 1.45. The molecule has 0 spiro atoms. The first-order valence-corrected chi connectivity index (χ1v) is 11.4. The highest BCUT2D eigenvalue weighted by Gasteiger charge is 2.30. The van der Waals surface area contributed by atoms with Crippen LogP contribution < -0.4 is 4.74 Å². The third kappa shape index (κ3) is 10.5. The first kappa shape index (κ1) is 22.5. The van der Waals surface area contributed by atoms with Crippen molar-refractivity contribution in [1.82, 2.24) is 0 Å². The predicted molar refractivity (Wildman–Crippen MR) is 116 cm³/mol. The summed E-state index contributed by atoms with van der Waals surface area (Å²) in [4.78, 5) is 11.4. The molecular weight excluding hydrogens is 348 g/mol. The molecule has 1 fully saturated rings. The fraction of sp³-hybridized carbons (Fsp3) is 0.640. The van der Waals surface area contributed by atoms with Crippen LogP contribution in [0.5, 0.6) is 5.75 Å². The van der Waals surface area contributed by atoms with E-state index in [0.717, 1.165) is 37.2 Å². The van der Waals surface area contributed by atoms with E-state index in [1.54, 1.807) is 0 Å². The van der Waals surface area contributed by atoms with Crippen molar-refractivity contribution < 1.29 is 14.3 Å². The topological polar surface area (TPSA) is 35.5 Å². The summed E-state index contributed by atoms with van der Waals surface area (Å²) in [6.07, 6.45) is 19.3. The minimum Gasteiger partial charge on any atom is -0.494 e. The number of esters is 1. The number of carbonyl (C=O) groups excluding carboxylic acids is 1. The zero-order chi connectivity index (χ0) is 19.9. The molecule has 0 N–H and O–H groups in total. The lowest BCUT2D eigenvalue weighted by Gasteiger charge is -2.06. The van der Waals surface area contributed by atoms with Crippen LogP contribution in [0, 0.1) is 5.92 Å². The smallest absolute Gasteiger partial charge is 0.309 e. The highest BCUT2D eigenvalue weighted by Crippen LogP contribution is 2.30. The molecule has 0 aromatic heterocycles. The summed E-state index contributed by atoms with van der Waals surface area (Å²) >= 11 is 0. The number of unbranched alkanes of at least 4 members (excludes halogenated alkanes) is 9. The molecule has 0 radical (unpaired) electrons. The first-order chi connectivity index (χ1) is 13.8. The van der Waals surface area contributed by atoms with Crippen molar-refractivity contribution in [3.63, 3.8) is 0 Å². The van der Waals surface area contributed by atoms with Crippen molar-refractivity contribution in [2.75, 3.05) is 13.2 Å². The van der Waals surface area contributed by atoms with Gasteiger partial charge in [-0.3, -0.25) is 4.79 Å². The van der Waals surface area contributed by atoms with E-state index < -0.39 is 0 Å². The highest BCUT2D eigenvalue weighted by atomic mass is 16.5. The van der Waals surface area contributed by atoms with Gasteiger partial charge in [0.05, 0.1) is 12.5 Å². The SMILES string of the molecule is CCCCCCCCCCCCOc1ccc(/C=C/COC(=O)C2CC2)cc1. The summed E-state index contributed by atoms with van der Waals surface area (Å²) in [7, 11) is 0. The van der Waals surface area contributed by atoms with Crippen molar-refractivity contribution in [3.8, 4) is 5.75 Å². The van der Waals surface area contributed by atoms with Crippen molar-refractivity contribution in [2.45, 2.75) is 84.0 Å². The number of carbonyl (C=O) groups is 1. The number of hydrogen-bond acceptors (Lipinski definition) is 3. The molecule has 0 amide bonds. The summed E-state index contributed by atoms with van der Waals surface area (Å²) in [5, 5.41) is 0. The maximum atomic E-state index is 11.4. The zero-order valence-electron chi connectivity index (χ0n) is 17.7. The molecule has 1 aromatic carbocycles. The third-order valence-corrected chi connectivity index (χ3v) is 5.19. The molecule has 3 nitrogen and oxygen atoms in total. The van der Waals surface area contributed by atoms with Crippen LogP contribution in [0.2, 0.25) is 0 Å². The minimum absolute atomic E-state index is 0.0552. The Hall–Kier alpha value is -1.77. The number of ether oxygens (including phenoxy) is 2. The van der Waals surface area contributed by atoms with Crippen LogP contribution in [0.4, 0.5) is 0 Å². The van der Waals surface area contributed by atoms with Gasteiger partial charge in [0, 0.05) is 0 Å². The van der Waals surface area contributed by atoms with Gasteiger partial charge in [-0.1, -0.05) is 82.9 Å². The van der Waals surface area contributed by atoms with Gasteiger partial charge in [-0.05, 0) is 43.0 Å². The minimum atomic E-state index is -0.0552. The Labute approximate surface area is 171 Å². The number of benzene rings is 1. The average molecular weight is 387 g/mol. The fourth-order valence-electron chi connectivity index (χ4n) is 3.21. The lowest BCUT2D eigenvalue weighted by Crippen LogP contribution is -2.05. The Bertz CT molecular complexity index is 558. The third-order valence-electron chi connectivity index (χ3n) is 5.19. The molecule has 0 saturated heterocycles. The van der Waals surface area contributed by atoms with E-state index in [9.17, 15) is 4.79 Å². The fourth-order valence-corrected chi connectivity index (χ4v) is 3.21. The van der Waals surface area contributed by atoms with Gasteiger partial charge >= 0.3 is 5.97 Å². The predicted octanol–water partition coefficient (Wildman–Crippen LogP) is 6.95. The van der Waals surface area contributed by atoms with Gasteiger partial charge in [0.25, 0.3) is 0 Å². The average Bonchev–Trinajstić information content (AvgIpc) is 3.56. The standard InChI is InChI=1S/C25H38O3/c1-2-3-4-5-6-7-8-9-10-11-20-27-24-18-14-22(15-19-24)13-12-21-28-25(26)23-16-17-23/h12-15,18-19,23H,2-11,16-17,20-21H2,1H3/b13-12+. The Kier molecular flexibility index (Phi) is 11.5. The number of rotatable bonds is 16.